The number of aliphatic carboxylic acids is 1. The molecule has 3 nitrogen and oxygen atoms in total. The highest BCUT2D eigenvalue weighted by Crippen LogP contribution is 2.30. The Bertz CT molecular complexity index is 183. The van der Waals surface area contributed by atoms with Crippen molar-refractivity contribution < 1.29 is 9.90 Å². The third-order valence-corrected chi connectivity index (χ3v) is 2.52. The van der Waals surface area contributed by atoms with Crippen molar-refractivity contribution in [1.29, 1.82) is 0 Å². The molecule has 12 heavy (non-hydrogen) atoms. The summed E-state index contributed by atoms with van der Waals surface area (Å²) < 4.78 is 0. The van der Waals surface area contributed by atoms with Crippen molar-refractivity contribution in [2.45, 2.75) is 20.3 Å². The molecular formula is C9H17NO2. The normalized spacial score (nSPS) is 20.6. The summed E-state index contributed by atoms with van der Waals surface area (Å²) in [6, 6.07) is 0. The molecule has 1 heterocycles. The molecular weight excluding hydrogens is 154 g/mol. The Labute approximate surface area is 73.4 Å². The van der Waals surface area contributed by atoms with Crippen LogP contribution in [0, 0.1) is 11.3 Å². The molecule has 0 bridgehead atoms. The lowest BCUT2D eigenvalue weighted by atomic mass is 9.80. The van der Waals surface area contributed by atoms with Gasteiger partial charge in [-0.3, -0.25) is 4.79 Å². The van der Waals surface area contributed by atoms with Gasteiger partial charge in [0.1, 0.15) is 0 Å². The van der Waals surface area contributed by atoms with Crippen molar-refractivity contribution in [3.8, 4) is 0 Å². The quantitative estimate of drug-likeness (QED) is 0.690. The molecule has 3 heteroatoms. The molecule has 1 aliphatic rings. The maximum absolute atomic E-state index is 10.8. The van der Waals surface area contributed by atoms with Crippen molar-refractivity contribution in [3.05, 3.63) is 0 Å². The Morgan fingerprint density at radius 2 is 2.08 bits per heavy atom. The SMILES string of the molecule is CN1CC(CC(C)(C)C(=O)O)C1. The van der Waals surface area contributed by atoms with Crippen LogP contribution in [0.5, 0.6) is 0 Å². The second-order valence-corrected chi connectivity index (χ2v) is 4.48. The molecule has 0 atom stereocenters. The van der Waals surface area contributed by atoms with Crippen molar-refractivity contribution in [1.82, 2.24) is 4.90 Å². The predicted molar refractivity (Wildman–Crippen MR) is 47.0 cm³/mol. The molecule has 1 N–H and O–H groups in total. The van der Waals surface area contributed by atoms with E-state index in [4.69, 9.17) is 5.11 Å². The van der Waals surface area contributed by atoms with E-state index in [0.717, 1.165) is 19.5 Å². The third-order valence-electron chi connectivity index (χ3n) is 2.52. The summed E-state index contributed by atoms with van der Waals surface area (Å²) in [5.41, 5.74) is -0.550. The lowest BCUT2D eigenvalue weighted by molar-refractivity contribution is -0.148. The van der Waals surface area contributed by atoms with E-state index < -0.39 is 11.4 Å². The van der Waals surface area contributed by atoms with Gasteiger partial charge in [0.2, 0.25) is 0 Å². The molecule has 0 aromatic heterocycles. The average Bonchev–Trinajstić information content (AvgIpc) is 1.83. The van der Waals surface area contributed by atoms with Crippen molar-refractivity contribution in [3.63, 3.8) is 0 Å². The summed E-state index contributed by atoms with van der Waals surface area (Å²) in [6.07, 6.45) is 0.798. The summed E-state index contributed by atoms with van der Waals surface area (Å²) in [5, 5.41) is 8.86. The first kappa shape index (κ1) is 9.52. The summed E-state index contributed by atoms with van der Waals surface area (Å²) in [5.74, 6) is -0.0989. The van der Waals surface area contributed by atoms with Crippen LogP contribution in [0.1, 0.15) is 20.3 Å². The minimum absolute atomic E-state index is 0.550. The van der Waals surface area contributed by atoms with Gasteiger partial charge in [0.05, 0.1) is 5.41 Å². The van der Waals surface area contributed by atoms with Crippen LogP contribution < -0.4 is 0 Å². The van der Waals surface area contributed by atoms with Crippen LogP contribution in [-0.4, -0.2) is 36.1 Å². The molecule has 1 saturated heterocycles. The number of rotatable bonds is 3. The van der Waals surface area contributed by atoms with Crippen LogP contribution >= 0.6 is 0 Å². The van der Waals surface area contributed by atoms with Crippen LogP contribution in [0.3, 0.4) is 0 Å². The molecule has 0 amide bonds. The Morgan fingerprint density at radius 1 is 1.58 bits per heavy atom. The fraction of sp³-hybridized carbons (Fsp3) is 0.889. The number of hydrogen-bond acceptors (Lipinski definition) is 2. The van der Waals surface area contributed by atoms with E-state index in [9.17, 15) is 4.79 Å². The Balaban J connectivity index is 2.35. The van der Waals surface area contributed by atoms with E-state index in [-0.39, 0.29) is 0 Å². The van der Waals surface area contributed by atoms with E-state index >= 15 is 0 Å². The van der Waals surface area contributed by atoms with Gasteiger partial charge >= 0.3 is 5.97 Å². The summed E-state index contributed by atoms with van der Waals surface area (Å²) in [4.78, 5) is 13.0. The van der Waals surface area contributed by atoms with Crippen LogP contribution in [0.2, 0.25) is 0 Å². The Morgan fingerprint density at radius 3 is 2.42 bits per heavy atom. The Hall–Kier alpha value is -0.570. The van der Waals surface area contributed by atoms with Gasteiger partial charge in [0, 0.05) is 13.1 Å². The van der Waals surface area contributed by atoms with E-state index in [1.807, 2.05) is 0 Å². The van der Waals surface area contributed by atoms with Gasteiger partial charge in [-0.1, -0.05) is 0 Å². The summed E-state index contributed by atoms with van der Waals surface area (Å²) >= 11 is 0. The molecule has 70 valence electrons. The minimum atomic E-state index is -0.683. The fourth-order valence-corrected chi connectivity index (χ4v) is 1.77. The first-order valence-electron chi connectivity index (χ1n) is 4.34. The standard InChI is InChI=1S/C9H17NO2/c1-9(2,8(11)12)4-7-5-10(3)6-7/h7H,4-6H2,1-3H3,(H,11,12). The van der Waals surface area contributed by atoms with Gasteiger partial charge in [-0.2, -0.15) is 0 Å². The highest BCUT2D eigenvalue weighted by Gasteiger charge is 2.34. The zero-order chi connectivity index (χ0) is 9.35. The molecule has 0 spiro atoms. The first-order chi connectivity index (χ1) is 5.42. The zero-order valence-electron chi connectivity index (χ0n) is 8.00. The predicted octanol–water partition coefficient (Wildman–Crippen LogP) is 1.05. The molecule has 0 radical (unpaired) electrons. The van der Waals surface area contributed by atoms with E-state index in [0.29, 0.717) is 5.92 Å². The van der Waals surface area contributed by atoms with Crippen LogP contribution in [0.15, 0.2) is 0 Å². The number of carboxylic acids is 1. The van der Waals surface area contributed by atoms with Gasteiger partial charge < -0.3 is 10.0 Å². The molecule has 0 aromatic carbocycles. The molecule has 0 aliphatic carbocycles. The van der Waals surface area contributed by atoms with Gasteiger partial charge in [-0.25, -0.2) is 0 Å². The number of carbonyl (C=O) groups is 1. The second-order valence-electron chi connectivity index (χ2n) is 4.48. The number of nitrogens with zero attached hydrogens (tertiary/aromatic N) is 1. The largest absolute Gasteiger partial charge is 0.481 e. The van der Waals surface area contributed by atoms with Crippen molar-refractivity contribution >= 4 is 5.97 Å². The molecule has 1 aliphatic heterocycles. The van der Waals surface area contributed by atoms with Gasteiger partial charge in [-0.15, -0.1) is 0 Å². The molecule has 0 aromatic rings. The van der Waals surface area contributed by atoms with Crippen molar-refractivity contribution in [2.75, 3.05) is 20.1 Å². The Kier molecular flexibility index (Phi) is 2.42. The van der Waals surface area contributed by atoms with Gasteiger partial charge in [0.25, 0.3) is 0 Å². The topological polar surface area (TPSA) is 40.5 Å². The van der Waals surface area contributed by atoms with Gasteiger partial charge in [0.15, 0.2) is 0 Å². The highest BCUT2D eigenvalue weighted by molar-refractivity contribution is 5.73. The lowest BCUT2D eigenvalue weighted by Crippen LogP contribution is -2.46. The lowest BCUT2D eigenvalue weighted by Gasteiger charge is -2.39. The monoisotopic (exact) mass is 171 g/mol. The smallest absolute Gasteiger partial charge is 0.309 e. The minimum Gasteiger partial charge on any atom is -0.481 e. The number of likely N-dealkylation sites (tertiary alicyclic amines) is 1. The zero-order valence-corrected chi connectivity index (χ0v) is 8.00. The summed E-state index contributed by atoms with van der Waals surface area (Å²) in [6.45, 7) is 5.70. The van der Waals surface area contributed by atoms with Crippen LogP contribution in [0.4, 0.5) is 0 Å². The summed E-state index contributed by atoms with van der Waals surface area (Å²) in [7, 11) is 2.06. The fourth-order valence-electron chi connectivity index (χ4n) is 1.77. The third kappa shape index (κ3) is 1.97. The first-order valence-corrected chi connectivity index (χ1v) is 4.34. The van der Waals surface area contributed by atoms with Gasteiger partial charge in [-0.05, 0) is 33.2 Å². The van der Waals surface area contributed by atoms with E-state index in [1.165, 1.54) is 0 Å². The maximum Gasteiger partial charge on any atom is 0.309 e. The molecule has 1 fully saturated rings. The van der Waals surface area contributed by atoms with E-state index in [1.54, 1.807) is 13.8 Å². The molecule has 0 unspecified atom stereocenters. The molecule has 0 saturated carbocycles. The number of carboxylic acid groups (broad SMARTS) is 1. The highest BCUT2D eigenvalue weighted by atomic mass is 16.4. The van der Waals surface area contributed by atoms with E-state index in [2.05, 4.69) is 11.9 Å². The van der Waals surface area contributed by atoms with Crippen LogP contribution in [-0.2, 0) is 4.79 Å². The average molecular weight is 171 g/mol. The van der Waals surface area contributed by atoms with Crippen LogP contribution in [0.25, 0.3) is 0 Å². The second kappa shape index (κ2) is 3.05. The maximum atomic E-state index is 10.8. The van der Waals surface area contributed by atoms with Crippen molar-refractivity contribution in [2.24, 2.45) is 11.3 Å². The number of hydrogen-bond donors (Lipinski definition) is 1. The molecule has 1 rings (SSSR count).